The van der Waals surface area contributed by atoms with Gasteiger partial charge >= 0.3 is 19.4 Å². The molecule has 1 saturated heterocycles. The molecule has 1 aromatic heterocycles. The van der Waals surface area contributed by atoms with Gasteiger partial charge in [-0.1, -0.05) is 6.58 Å². The molecule has 1 fully saturated rings. The zero-order valence-electron chi connectivity index (χ0n) is 20.5. The smallest absolute Gasteiger partial charge is 0.459 e. The predicted molar refractivity (Wildman–Crippen MR) is 129 cm³/mol. The molecule has 5 atom stereocenters. The summed E-state index contributed by atoms with van der Waals surface area (Å²) in [6.07, 6.45) is 1.25. The van der Waals surface area contributed by atoms with E-state index in [1.807, 2.05) is 0 Å². The lowest BCUT2D eigenvalue weighted by molar-refractivity contribution is -0.149. The van der Waals surface area contributed by atoms with Crippen molar-refractivity contribution in [2.24, 2.45) is 0 Å². The van der Waals surface area contributed by atoms with Gasteiger partial charge in [0.25, 0.3) is 0 Å². The molecule has 1 unspecified atom stereocenters. The van der Waals surface area contributed by atoms with Crippen LogP contribution in [0, 0.1) is 0 Å². The molecule has 12 nitrogen and oxygen atoms in total. The fraction of sp³-hybridized carbons (Fsp3) is 0.500. The van der Waals surface area contributed by atoms with Gasteiger partial charge < -0.3 is 24.8 Å². The minimum atomic E-state index is -4.27. The maximum Gasteiger partial charge on any atom is 0.459 e. The first-order valence-electron chi connectivity index (χ1n) is 11.1. The Morgan fingerprint density at radius 2 is 2.17 bits per heavy atom. The zero-order chi connectivity index (χ0) is 27.0. The highest BCUT2D eigenvalue weighted by Crippen LogP contribution is 2.47. The quantitative estimate of drug-likeness (QED) is 0.157. The van der Waals surface area contributed by atoms with Crippen LogP contribution in [-0.2, 0) is 27.9 Å². The first-order chi connectivity index (χ1) is 16.8. The Hall–Kier alpha value is -2.83. The van der Waals surface area contributed by atoms with Gasteiger partial charge in [-0.3, -0.25) is 13.9 Å². The lowest BCUT2D eigenvalue weighted by Gasteiger charge is -2.25. The molecular formula is C22H32FN4O8P. The predicted octanol–water partition coefficient (Wildman–Crippen LogP) is 2.49. The second kappa shape index (κ2) is 12.9. The average molecular weight is 530 g/mol. The van der Waals surface area contributed by atoms with Crippen molar-refractivity contribution in [2.75, 3.05) is 12.3 Å². The molecular weight excluding hydrogens is 498 g/mol. The summed E-state index contributed by atoms with van der Waals surface area (Å²) in [6, 6.07) is 0.302. The van der Waals surface area contributed by atoms with Crippen molar-refractivity contribution in [1.29, 1.82) is 0 Å². The summed E-state index contributed by atoms with van der Waals surface area (Å²) in [6.45, 7) is 8.96. The first kappa shape index (κ1) is 29.4. The van der Waals surface area contributed by atoms with Crippen molar-refractivity contribution >= 4 is 19.5 Å². The highest BCUT2D eigenvalue weighted by Gasteiger charge is 2.39. The topological polar surface area (TPSA) is 164 Å². The van der Waals surface area contributed by atoms with E-state index in [9.17, 15) is 23.7 Å². The van der Waals surface area contributed by atoms with Crippen LogP contribution in [0.3, 0.4) is 0 Å². The number of carbonyl (C=O) groups is 1. The molecule has 1 aliphatic heterocycles. The molecule has 0 amide bonds. The van der Waals surface area contributed by atoms with E-state index >= 15 is 0 Å². The van der Waals surface area contributed by atoms with Crippen LogP contribution < -0.4 is 16.5 Å². The largest absolute Gasteiger partial charge is 0.462 e. The molecule has 4 N–H and O–H groups in total. The van der Waals surface area contributed by atoms with Gasteiger partial charge in [-0.15, -0.1) is 0 Å². The number of ether oxygens (including phenoxy) is 2. The van der Waals surface area contributed by atoms with Crippen LogP contribution in [0.2, 0.25) is 0 Å². The first-order valence-corrected chi connectivity index (χ1v) is 12.6. The van der Waals surface area contributed by atoms with Crippen LogP contribution in [0.25, 0.3) is 0 Å². The number of hydrogen-bond donors (Lipinski definition) is 3. The third-order valence-corrected chi connectivity index (χ3v) is 6.49. The van der Waals surface area contributed by atoms with E-state index in [1.54, 1.807) is 13.8 Å². The molecule has 0 aliphatic carbocycles. The number of aliphatic hydroxyl groups is 1. The lowest BCUT2D eigenvalue weighted by Crippen LogP contribution is -2.36. The summed E-state index contributed by atoms with van der Waals surface area (Å²) < 4.78 is 49.7. The van der Waals surface area contributed by atoms with Crippen LogP contribution in [0.4, 0.5) is 10.2 Å². The van der Waals surface area contributed by atoms with E-state index in [-0.39, 0.29) is 18.0 Å². The molecule has 200 valence electrons. The normalized spacial score (nSPS) is 23.2. The highest BCUT2D eigenvalue weighted by atomic mass is 31.2. The number of nitrogens with zero attached hydrogens (tertiary/aromatic N) is 2. The molecule has 0 saturated carbocycles. The molecule has 1 aromatic rings. The fourth-order valence-electron chi connectivity index (χ4n) is 3.05. The summed E-state index contributed by atoms with van der Waals surface area (Å²) in [7, 11) is -4.27. The van der Waals surface area contributed by atoms with Crippen molar-refractivity contribution in [3.8, 4) is 0 Å². The van der Waals surface area contributed by atoms with Gasteiger partial charge in [0.2, 0.25) is 0 Å². The monoisotopic (exact) mass is 530 g/mol. The molecule has 36 heavy (non-hydrogen) atoms. The Balaban J connectivity index is 2.17. The van der Waals surface area contributed by atoms with E-state index in [0.717, 1.165) is 16.7 Å². The maximum absolute atomic E-state index is 13.5. The number of aromatic nitrogens is 2. The molecule has 0 aromatic carbocycles. The van der Waals surface area contributed by atoms with Crippen LogP contribution in [-0.4, -0.2) is 51.6 Å². The number of nitrogen functional groups attached to an aromatic ring is 1. The number of nitrogens with two attached hydrogens (primary N) is 1. The molecule has 0 spiro atoms. The van der Waals surface area contributed by atoms with Gasteiger partial charge in [-0.05, 0) is 52.0 Å². The number of carbonyl (C=O) groups excluding carboxylic acids is 1. The van der Waals surface area contributed by atoms with Crippen LogP contribution in [0.5, 0.6) is 0 Å². The number of hydrogen-bond acceptors (Lipinski definition) is 10. The van der Waals surface area contributed by atoms with Gasteiger partial charge in [0.05, 0.1) is 18.8 Å². The van der Waals surface area contributed by atoms with Crippen molar-refractivity contribution in [1.82, 2.24) is 14.6 Å². The molecule has 0 radical (unpaired) electrons. The van der Waals surface area contributed by atoms with Gasteiger partial charge in [-0.2, -0.15) is 10.1 Å². The number of nitrogens with one attached hydrogen (secondary N) is 1. The second-order valence-electron chi connectivity index (χ2n) is 8.23. The summed E-state index contributed by atoms with van der Waals surface area (Å²) >= 11 is 0. The Bertz CT molecular complexity index is 1110. The van der Waals surface area contributed by atoms with Gasteiger partial charge in [0, 0.05) is 12.6 Å². The molecule has 14 heteroatoms. The Kier molecular flexibility index (Phi) is 10.6. The van der Waals surface area contributed by atoms with Crippen molar-refractivity contribution < 1.29 is 37.4 Å². The van der Waals surface area contributed by atoms with E-state index in [2.05, 4.69) is 16.7 Å². The van der Waals surface area contributed by atoms with E-state index < -0.39 is 62.4 Å². The van der Waals surface area contributed by atoms with Crippen LogP contribution in [0.15, 0.2) is 53.5 Å². The van der Waals surface area contributed by atoms with Gasteiger partial charge in [0.15, 0.2) is 0 Å². The molecule has 2 heterocycles. The number of halogens is 1. The van der Waals surface area contributed by atoms with Gasteiger partial charge in [0.1, 0.15) is 35.8 Å². The lowest BCUT2D eigenvalue weighted by atomic mass is 10.2. The summed E-state index contributed by atoms with van der Waals surface area (Å²) in [5.74, 6) is -1.33. The Labute approximate surface area is 208 Å². The van der Waals surface area contributed by atoms with Crippen molar-refractivity contribution in [3.63, 3.8) is 0 Å². The maximum atomic E-state index is 13.5. The number of esters is 1. The Morgan fingerprint density at radius 3 is 2.78 bits per heavy atom. The van der Waals surface area contributed by atoms with Crippen LogP contribution in [0.1, 0.15) is 40.3 Å². The van der Waals surface area contributed by atoms with E-state index in [4.69, 9.17) is 24.3 Å². The third-order valence-electron chi connectivity index (χ3n) is 4.77. The average Bonchev–Trinajstić information content (AvgIpc) is 3.15. The fourth-order valence-corrected chi connectivity index (χ4v) is 4.59. The van der Waals surface area contributed by atoms with E-state index in [0.29, 0.717) is 0 Å². The van der Waals surface area contributed by atoms with Gasteiger partial charge in [-0.25, -0.2) is 13.8 Å². The standard InChI is InChI=1S/C22H32FN4O8P/c1-6-16(23)8-7-14(4)35-36(31,26-15(5)21(29)33-13(2)3)32-12-18-17(28)11-20(34-18)27-10-9-19(24)25-22(27)30/h6-10,13,15,17-18,20,28H,1,11-12H2,2-5H3,(H,26,31)(H2,24,25,30)/b14-7+,16-8+/t15-,17+,18+,20+,36?/m0/s1. The summed E-state index contributed by atoms with van der Waals surface area (Å²) in [5.41, 5.74) is 4.83. The van der Waals surface area contributed by atoms with E-state index in [1.165, 1.54) is 32.2 Å². The second-order valence-corrected chi connectivity index (χ2v) is 9.92. The number of allylic oxidation sites excluding steroid dienone is 5. The van der Waals surface area contributed by atoms with Crippen LogP contribution >= 0.6 is 7.75 Å². The summed E-state index contributed by atoms with van der Waals surface area (Å²) in [4.78, 5) is 27.9. The van der Waals surface area contributed by atoms with Crippen molar-refractivity contribution in [2.45, 2.75) is 64.7 Å². The van der Waals surface area contributed by atoms with Crippen molar-refractivity contribution in [3.05, 3.63) is 59.1 Å². The Morgan fingerprint density at radius 1 is 1.47 bits per heavy atom. The molecule has 2 rings (SSSR count). The third kappa shape index (κ3) is 8.68. The minimum absolute atomic E-state index is 0.00229. The summed E-state index contributed by atoms with van der Waals surface area (Å²) in [5, 5.41) is 12.9. The number of anilines is 1. The zero-order valence-corrected chi connectivity index (χ0v) is 21.4. The number of rotatable bonds is 12. The SMILES string of the molecule is C=C/C(F)=C\C=C(/C)OP(=O)(N[C@@H](C)C(=O)OC(C)C)OC[C@H]1O[C@@H](n2ccc(N)nc2=O)C[C@H]1O. The molecule has 0 bridgehead atoms. The number of aliphatic hydroxyl groups excluding tert-OH is 1. The minimum Gasteiger partial charge on any atom is -0.462 e. The molecule has 1 aliphatic rings. The highest BCUT2D eigenvalue weighted by molar-refractivity contribution is 7.51.